The van der Waals surface area contributed by atoms with Gasteiger partial charge in [0.25, 0.3) is 0 Å². The zero-order valence-corrected chi connectivity index (χ0v) is 29.3. The summed E-state index contributed by atoms with van der Waals surface area (Å²) in [5, 5.41) is 37.6. The Morgan fingerprint density at radius 2 is 1.09 bits per heavy atom. The van der Waals surface area contributed by atoms with Gasteiger partial charge in [0.05, 0.1) is 12.7 Å². The van der Waals surface area contributed by atoms with Gasteiger partial charge >= 0.3 is 59.1 Å². The molecule has 0 unspecified atom stereocenters. The normalized spacial score (nSPS) is 9.05. The average Bonchev–Trinajstić information content (AvgIpc) is 3.03. The predicted molar refractivity (Wildman–Crippen MR) is 165 cm³/mol. The number of carbonyl (C=O) groups excluding carboxylic acids is 1. The number of benzene rings is 5. The minimum absolute atomic E-state index is 0. The number of nitrogens with one attached hydrogen (secondary N) is 1. The van der Waals surface area contributed by atoms with Crippen LogP contribution in [0.5, 0.6) is 17.2 Å². The number of carbonyl (C=O) groups is 1. The molecule has 0 bridgehead atoms. The molecule has 0 heterocycles. The summed E-state index contributed by atoms with van der Waals surface area (Å²) in [5.41, 5.74) is 3.11. The number of aliphatic hydroxyl groups excluding tert-OH is 2. The molecule has 9 heteroatoms. The van der Waals surface area contributed by atoms with Crippen molar-refractivity contribution < 1.29 is 90.5 Å². The summed E-state index contributed by atoms with van der Waals surface area (Å²) in [5.74, 6) is 0.852. The molecular formula is C35H37NNa2O6. The van der Waals surface area contributed by atoms with Crippen LogP contribution in [0.25, 0.3) is 11.1 Å². The van der Waals surface area contributed by atoms with Crippen molar-refractivity contribution >= 4 is 5.97 Å². The maximum absolute atomic E-state index is 9.56. The number of ether oxygens (including phenoxy) is 1. The Kier molecular flexibility index (Phi) is 24.7. The van der Waals surface area contributed by atoms with Crippen LogP contribution in [0.15, 0.2) is 146 Å². The third-order valence-electron chi connectivity index (χ3n) is 5.34. The molecule has 0 aromatic heterocycles. The average molecular weight is 614 g/mol. The first kappa shape index (κ1) is 41.0. The van der Waals surface area contributed by atoms with Gasteiger partial charge in [0.15, 0.2) is 0 Å². The Labute approximate surface area is 305 Å². The maximum Gasteiger partial charge on any atom is 1.00 e. The third kappa shape index (κ3) is 18.7. The van der Waals surface area contributed by atoms with Crippen molar-refractivity contribution in [1.82, 2.24) is 5.32 Å². The second-order valence-electron chi connectivity index (χ2n) is 8.53. The van der Waals surface area contributed by atoms with Crippen molar-refractivity contribution in [2.75, 3.05) is 19.9 Å². The fourth-order valence-corrected chi connectivity index (χ4v) is 3.38. The molecule has 0 aliphatic heterocycles. The number of hydrogen-bond acceptors (Lipinski definition) is 7. The molecule has 0 aliphatic rings. The van der Waals surface area contributed by atoms with Crippen molar-refractivity contribution in [1.29, 1.82) is 0 Å². The molecule has 0 atom stereocenters. The van der Waals surface area contributed by atoms with Crippen LogP contribution in [0, 0.1) is 0 Å². The summed E-state index contributed by atoms with van der Waals surface area (Å²) in [6, 6.07) is 46.7. The van der Waals surface area contributed by atoms with Gasteiger partial charge in [0, 0.05) is 18.7 Å². The number of aliphatic carboxylic acids is 1. The molecule has 44 heavy (non-hydrogen) atoms. The Bertz CT molecular complexity index is 1350. The molecule has 7 nitrogen and oxygen atoms in total. The van der Waals surface area contributed by atoms with E-state index in [0.29, 0.717) is 5.75 Å². The van der Waals surface area contributed by atoms with Gasteiger partial charge in [-0.3, -0.25) is 5.32 Å². The Morgan fingerprint density at radius 3 is 1.50 bits per heavy atom. The second kappa shape index (κ2) is 26.5. The fourth-order valence-electron chi connectivity index (χ4n) is 3.38. The number of phenols is 1. The summed E-state index contributed by atoms with van der Waals surface area (Å²) in [7, 11) is 0. The summed E-state index contributed by atoms with van der Waals surface area (Å²) >= 11 is 0. The third-order valence-corrected chi connectivity index (χ3v) is 5.34. The molecule has 5 rings (SSSR count). The van der Waals surface area contributed by atoms with E-state index in [4.69, 9.17) is 14.9 Å². The Morgan fingerprint density at radius 1 is 0.659 bits per heavy atom. The zero-order chi connectivity index (χ0) is 30.3. The van der Waals surface area contributed by atoms with Crippen LogP contribution in [-0.2, 0) is 11.2 Å². The van der Waals surface area contributed by atoms with Gasteiger partial charge in [0.2, 0.25) is 0 Å². The second-order valence-corrected chi connectivity index (χ2v) is 8.53. The van der Waals surface area contributed by atoms with Crippen LogP contribution >= 0.6 is 0 Å². The van der Waals surface area contributed by atoms with Crippen molar-refractivity contribution in [3.8, 4) is 28.4 Å². The summed E-state index contributed by atoms with van der Waals surface area (Å²) in [6.07, 6.45) is 0.765. The SMILES string of the molecule is O=C([O-])CNCO.OCCc1ccccc1.Oc1ccccc1-c1ccccc1.[H-].[Na+].[Na+].c1ccc(Oc2ccccc2)cc1. The quantitative estimate of drug-likeness (QED) is 0.133. The van der Waals surface area contributed by atoms with Crippen LogP contribution < -0.4 is 74.3 Å². The monoisotopic (exact) mass is 613 g/mol. The first-order valence-corrected chi connectivity index (χ1v) is 13.3. The van der Waals surface area contributed by atoms with Crippen LogP contribution in [-0.4, -0.2) is 41.2 Å². The van der Waals surface area contributed by atoms with Gasteiger partial charge in [0.1, 0.15) is 17.2 Å². The predicted octanol–water partition coefficient (Wildman–Crippen LogP) is -0.844. The van der Waals surface area contributed by atoms with Crippen LogP contribution in [0.2, 0.25) is 0 Å². The van der Waals surface area contributed by atoms with Gasteiger partial charge in [-0.05, 0) is 47.9 Å². The topological polar surface area (TPSA) is 122 Å². The van der Waals surface area contributed by atoms with Crippen molar-refractivity contribution in [3.05, 3.63) is 151 Å². The van der Waals surface area contributed by atoms with Gasteiger partial charge in [-0.25, -0.2) is 0 Å². The number of aliphatic hydroxyl groups is 2. The molecule has 5 aromatic rings. The largest absolute Gasteiger partial charge is 1.00 e. The smallest absolute Gasteiger partial charge is 1.00 e. The summed E-state index contributed by atoms with van der Waals surface area (Å²) in [6.45, 7) is -0.380. The zero-order valence-electron chi connectivity index (χ0n) is 26.3. The molecule has 0 spiro atoms. The summed E-state index contributed by atoms with van der Waals surface area (Å²) < 4.78 is 5.58. The number of phenolic OH excluding ortho intramolecular Hbond substituents is 1. The molecule has 4 N–H and O–H groups in total. The first-order valence-electron chi connectivity index (χ1n) is 13.3. The fraction of sp³-hybridized carbons (Fsp3) is 0.114. The number of carboxylic acid groups (broad SMARTS) is 1. The van der Waals surface area contributed by atoms with Crippen molar-refractivity contribution in [3.63, 3.8) is 0 Å². The van der Waals surface area contributed by atoms with Crippen LogP contribution in [0.3, 0.4) is 0 Å². The van der Waals surface area contributed by atoms with Crippen molar-refractivity contribution in [2.24, 2.45) is 0 Å². The van der Waals surface area contributed by atoms with E-state index in [1.54, 1.807) is 6.07 Å². The van der Waals surface area contributed by atoms with Crippen molar-refractivity contribution in [2.45, 2.75) is 6.42 Å². The van der Waals surface area contributed by atoms with E-state index in [1.807, 2.05) is 140 Å². The van der Waals surface area contributed by atoms with E-state index in [9.17, 15) is 15.0 Å². The maximum atomic E-state index is 9.56. The van der Waals surface area contributed by atoms with E-state index in [-0.39, 0.29) is 80.4 Å². The van der Waals surface area contributed by atoms with E-state index in [0.717, 1.165) is 29.0 Å². The number of rotatable bonds is 8. The van der Waals surface area contributed by atoms with Gasteiger partial charge in [-0.1, -0.05) is 115 Å². The molecular weight excluding hydrogens is 576 g/mol. The van der Waals surface area contributed by atoms with Gasteiger partial charge < -0.3 is 31.4 Å². The molecule has 0 fully saturated rings. The van der Waals surface area contributed by atoms with Gasteiger partial charge in [-0.2, -0.15) is 0 Å². The van der Waals surface area contributed by atoms with E-state index in [1.165, 1.54) is 5.56 Å². The standard InChI is InChI=1S/2C12H10O.C8H10O.C3H7NO3.2Na.H/c1-3-7-11(8-4-1)13-12-9-5-2-6-10-12;13-12-9-5-4-8-11(12)10-6-2-1-3-7-10;9-7-6-8-4-2-1-3-5-8;5-2-4-1-3(6)7;;;/h1-10H;1-9,13H;1-5,9H,6-7H2;4-5H,1-2H2,(H,6,7);;;/q;;;;2*+1;-1/p-1. The minimum atomic E-state index is -1.21. The molecule has 0 amide bonds. The molecule has 0 aliphatic carbocycles. The molecule has 0 saturated heterocycles. The molecule has 220 valence electrons. The van der Waals surface area contributed by atoms with E-state index >= 15 is 0 Å². The van der Waals surface area contributed by atoms with E-state index < -0.39 is 5.97 Å². The number of hydrogen-bond donors (Lipinski definition) is 4. The first-order chi connectivity index (χ1) is 20.5. The number of carboxylic acids is 1. The number of para-hydroxylation sites is 3. The molecule has 5 aromatic carbocycles. The van der Waals surface area contributed by atoms with Crippen LogP contribution in [0.1, 0.15) is 6.99 Å². The van der Waals surface area contributed by atoms with Gasteiger partial charge in [-0.15, -0.1) is 0 Å². The Balaban J connectivity index is 0. The minimum Gasteiger partial charge on any atom is -1.00 e. The number of aromatic hydroxyl groups is 1. The molecule has 0 saturated carbocycles. The van der Waals surface area contributed by atoms with E-state index in [2.05, 4.69) is 5.32 Å². The summed E-state index contributed by atoms with van der Waals surface area (Å²) in [4.78, 5) is 9.47. The van der Waals surface area contributed by atoms with Crippen LogP contribution in [0.4, 0.5) is 0 Å². The Hall–Kier alpha value is -2.95. The molecule has 0 radical (unpaired) electrons.